The molecule has 0 bridgehead atoms. The average molecular weight is 262 g/mol. The Morgan fingerprint density at radius 1 is 1.28 bits per heavy atom. The van der Waals surface area contributed by atoms with Gasteiger partial charge in [0.2, 0.25) is 0 Å². The van der Waals surface area contributed by atoms with Gasteiger partial charge in [0.1, 0.15) is 5.82 Å². The van der Waals surface area contributed by atoms with Crippen LogP contribution >= 0.6 is 11.8 Å². The van der Waals surface area contributed by atoms with Crippen LogP contribution < -0.4 is 5.73 Å². The van der Waals surface area contributed by atoms with Crippen molar-refractivity contribution in [1.82, 2.24) is 15.2 Å². The summed E-state index contributed by atoms with van der Waals surface area (Å²) in [5.74, 6) is 2.60. The lowest BCUT2D eigenvalue weighted by atomic mass is 10.2. The van der Waals surface area contributed by atoms with Crippen LogP contribution in [-0.4, -0.2) is 21.7 Å². The molecule has 18 heavy (non-hydrogen) atoms. The van der Waals surface area contributed by atoms with Gasteiger partial charge in [0, 0.05) is 11.3 Å². The molecule has 0 atom stereocenters. The Morgan fingerprint density at radius 2 is 2.06 bits per heavy atom. The van der Waals surface area contributed by atoms with E-state index in [9.17, 15) is 0 Å². The van der Waals surface area contributed by atoms with Crippen LogP contribution in [0.5, 0.6) is 0 Å². The maximum atomic E-state index is 5.46. The smallest absolute Gasteiger partial charge is 0.150 e. The van der Waals surface area contributed by atoms with E-state index in [4.69, 9.17) is 5.73 Å². The second-order valence-corrected chi connectivity index (χ2v) is 5.24. The Morgan fingerprint density at radius 3 is 2.78 bits per heavy atom. The van der Waals surface area contributed by atoms with E-state index in [0.29, 0.717) is 6.54 Å². The van der Waals surface area contributed by atoms with E-state index >= 15 is 0 Å². The van der Waals surface area contributed by atoms with E-state index in [-0.39, 0.29) is 0 Å². The molecule has 2 rings (SSSR count). The molecule has 0 saturated heterocycles. The quantitative estimate of drug-likeness (QED) is 0.784. The van der Waals surface area contributed by atoms with Gasteiger partial charge in [-0.15, -0.1) is 11.8 Å². The van der Waals surface area contributed by atoms with Crippen molar-refractivity contribution >= 4 is 11.8 Å². The average Bonchev–Trinajstić information content (AvgIpc) is 2.84. The fourth-order valence-electron chi connectivity index (χ4n) is 1.56. The number of hydrogen-bond acceptors (Lipinski definition) is 4. The van der Waals surface area contributed by atoms with Gasteiger partial charge in [0.25, 0.3) is 0 Å². The minimum absolute atomic E-state index is 0.683. The Bertz CT molecular complexity index is 478. The summed E-state index contributed by atoms with van der Waals surface area (Å²) in [4.78, 5) is 5.69. The number of aromatic nitrogens is 3. The second kappa shape index (κ2) is 6.56. The number of benzene rings is 1. The molecule has 0 amide bonds. The third-order valence-corrected chi connectivity index (χ3v) is 3.60. The molecule has 0 radical (unpaired) electrons. The van der Waals surface area contributed by atoms with Gasteiger partial charge in [0.05, 0.1) is 5.75 Å². The number of nitrogens with one attached hydrogen (secondary N) is 1. The molecule has 1 aromatic heterocycles. The molecule has 0 saturated carbocycles. The molecule has 1 heterocycles. The molecular formula is C13H18N4S. The Kier molecular flexibility index (Phi) is 4.78. The standard InChI is InChI=1S/C13H18N4S/c1-10-4-6-11(7-5-10)18-9-13-15-12(16-17-13)3-2-8-14/h4-7H,2-3,8-9,14H2,1H3,(H,15,16,17). The number of H-pyrrole nitrogens is 1. The molecular weight excluding hydrogens is 244 g/mol. The zero-order valence-electron chi connectivity index (χ0n) is 10.5. The van der Waals surface area contributed by atoms with Crippen LogP contribution in [0.1, 0.15) is 23.6 Å². The van der Waals surface area contributed by atoms with Crippen LogP contribution in [0, 0.1) is 6.92 Å². The maximum absolute atomic E-state index is 5.46. The fourth-order valence-corrected chi connectivity index (χ4v) is 2.32. The lowest BCUT2D eigenvalue weighted by molar-refractivity contribution is 0.785. The monoisotopic (exact) mass is 262 g/mol. The summed E-state index contributed by atoms with van der Waals surface area (Å²) < 4.78 is 0. The summed E-state index contributed by atoms with van der Waals surface area (Å²) in [6.45, 7) is 2.77. The van der Waals surface area contributed by atoms with Gasteiger partial charge in [-0.2, -0.15) is 5.10 Å². The molecule has 0 unspecified atom stereocenters. The van der Waals surface area contributed by atoms with Crippen LogP contribution in [0.2, 0.25) is 0 Å². The highest BCUT2D eigenvalue weighted by molar-refractivity contribution is 7.98. The van der Waals surface area contributed by atoms with E-state index in [1.165, 1.54) is 10.5 Å². The summed E-state index contributed by atoms with van der Waals surface area (Å²) in [7, 11) is 0. The lowest BCUT2D eigenvalue weighted by Gasteiger charge is -1.99. The molecule has 5 heteroatoms. The van der Waals surface area contributed by atoms with Gasteiger partial charge in [0.15, 0.2) is 5.82 Å². The number of nitrogens with zero attached hydrogens (tertiary/aromatic N) is 2. The van der Waals surface area contributed by atoms with E-state index in [1.54, 1.807) is 11.8 Å². The highest BCUT2D eigenvalue weighted by Crippen LogP contribution is 2.21. The minimum Gasteiger partial charge on any atom is -0.330 e. The van der Waals surface area contributed by atoms with Crippen LogP contribution in [0.25, 0.3) is 0 Å². The van der Waals surface area contributed by atoms with Crippen LogP contribution in [0.4, 0.5) is 0 Å². The minimum atomic E-state index is 0.683. The van der Waals surface area contributed by atoms with E-state index < -0.39 is 0 Å². The summed E-state index contributed by atoms with van der Waals surface area (Å²) in [6.07, 6.45) is 1.78. The number of thioether (sulfide) groups is 1. The largest absolute Gasteiger partial charge is 0.330 e. The van der Waals surface area contributed by atoms with Crippen molar-refractivity contribution in [3.63, 3.8) is 0 Å². The van der Waals surface area contributed by atoms with Crippen molar-refractivity contribution in [3.05, 3.63) is 41.5 Å². The van der Waals surface area contributed by atoms with Crippen LogP contribution in [-0.2, 0) is 12.2 Å². The number of hydrogen-bond donors (Lipinski definition) is 2. The van der Waals surface area contributed by atoms with Crippen molar-refractivity contribution in [2.75, 3.05) is 6.54 Å². The molecule has 0 aliphatic carbocycles. The fraction of sp³-hybridized carbons (Fsp3) is 0.385. The van der Waals surface area contributed by atoms with Crippen molar-refractivity contribution in [1.29, 1.82) is 0 Å². The summed E-state index contributed by atoms with van der Waals surface area (Å²) in [6, 6.07) is 8.50. The van der Waals surface area contributed by atoms with Crippen molar-refractivity contribution in [3.8, 4) is 0 Å². The Balaban J connectivity index is 1.86. The van der Waals surface area contributed by atoms with Gasteiger partial charge in [-0.1, -0.05) is 17.7 Å². The normalized spacial score (nSPS) is 10.8. The third kappa shape index (κ3) is 3.85. The first-order valence-corrected chi connectivity index (χ1v) is 7.06. The van der Waals surface area contributed by atoms with E-state index in [2.05, 4.69) is 46.4 Å². The van der Waals surface area contributed by atoms with Gasteiger partial charge in [-0.05, 0) is 32.0 Å². The maximum Gasteiger partial charge on any atom is 0.150 e. The zero-order chi connectivity index (χ0) is 12.8. The van der Waals surface area contributed by atoms with Crippen LogP contribution in [0.15, 0.2) is 29.2 Å². The number of nitrogens with two attached hydrogens (primary N) is 1. The first kappa shape index (κ1) is 13.1. The molecule has 0 spiro atoms. The SMILES string of the molecule is Cc1ccc(SCc2nc(CCCN)n[nH]2)cc1. The summed E-state index contributed by atoms with van der Waals surface area (Å²) in [5.41, 5.74) is 6.74. The van der Waals surface area contributed by atoms with Gasteiger partial charge < -0.3 is 5.73 Å². The lowest BCUT2D eigenvalue weighted by Crippen LogP contribution is -2.01. The molecule has 0 aliphatic heterocycles. The number of rotatable bonds is 6. The van der Waals surface area contributed by atoms with Crippen molar-refractivity contribution < 1.29 is 0 Å². The first-order chi connectivity index (χ1) is 8.78. The molecule has 3 N–H and O–H groups in total. The molecule has 2 aromatic rings. The molecule has 0 fully saturated rings. The van der Waals surface area contributed by atoms with E-state index in [0.717, 1.165) is 30.2 Å². The molecule has 1 aromatic carbocycles. The topological polar surface area (TPSA) is 67.6 Å². The summed E-state index contributed by atoms with van der Waals surface area (Å²) >= 11 is 1.76. The second-order valence-electron chi connectivity index (χ2n) is 4.19. The zero-order valence-corrected chi connectivity index (χ0v) is 11.3. The highest BCUT2D eigenvalue weighted by atomic mass is 32.2. The highest BCUT2D eigenvalue weighted by Gasteiger charge is 2.03. The van der Waals surface area contributed by atoms with E-state index in [1.807, 2.05) is 0 Å². The van der Waals surface area contributed by atoms with Crippen molar-refractivity contribution in [2.45, 2.75) is 30.4 Å². The number of aryl methyl sites for hydroxylation is 2. The molecule has 4 nitrogen and oxygen atoms in total. The Hall–Kier alpha value is -1.33. The van der Waals surface area contributed by atoms with Crippen LogP contribution in [0.3, 0.4) is 0 Å². The van der Waals surface area contributed by atoms with Gasteiger partial charge in [-0.3, -0.25) is 5.10 Å². The predicted molar refractivity (Wildman–Crippen MR) is 74.5 cm³/mol. The Labute approximate surface area is 111 Å². The third-order valence-electron chi connectivity index (χ3n) is 2.58. The van der Waals surface area contributed by atoms with Gasteiger partial charge >= 0.3 is 0 Å². The predicted octanol–water partition coefficient (Wildman–Crippen LogP) is 2.30. The molecule has 0 aliphatic rings. The van der Waals surface area contributed by atoms with Gasteiger partial charge in [-0.25, -0.2) is 4.98 Å². The van der Waals surface area contributed by atoms with Crippen molar-refractivity contribution in [2.24, 2.45) is 5.73 Å². The molecule has 96 valence electrons. The summed E-state index contributed by atoms with van der Waals surface area (Å²) in [5, 5.41) is 7.15. The first-order valence-electron chi connectivity index (χ1n) is 6.07. The number of aromatic amines is 1.